The summed E-state index contributed by atoms with van der Waals surface area (Å²) in [5.41, 5.74) is 0. The predicted molar refractivity (Wildman–Crippen MR) is 46.7 cm³/mol. The van der Waals surface area contributed by atoms with Crippen molar-refractivity contribution in [1.29, 1.82) is 0 Å². The average molecular weight is 155 g/mol. The zero-order chi connectivity index (χ0) is 8.39. The van der Waals surface area contributed by atoms with Crippen LogP contribution in [0, 0.1) is 0 Å². The zero-order valence-electron chi connectivity index (χ0n) is 8.13. The van der Waals surface area contributed by atoms with E-state index < -0.39 is 0 Å². The molecule has 3 aliphatic heterocycles. The van der Waals surface area contributed by atoms with E-state index in [2.05, 4.69) is 9.80 Å². The minimum atomic E-state index is 0.566. The smallest absolute Gasteiger partial charge is 0.0243 e. The van der Waals surface area contributed by atoms with Crippen molar-refractivity contribution in [2.75, 3.05) is 32.7 Å². The predicted octanol–water partition coefficient (Wildman–Crippen LogP) is 0.786. The van der Waals surface area contributed by atoms with Crippen LogP contribution in [-0.4, -0.2) is 48.6 Å². The standard InChI is InChI=1S/C9H18N2/c1-2-11-8-7-10-5-3-9(11)4-6-10/h9H,2-8H2,1H3/i1D. The van der Waals surface area contributed by atoms with Crippen LogP contribution in [0.25, 0.3) is 0 Å². The van der Waals surface area contributed by atoms with Gasteiger partial charge in [0.15, 0.2) is 0 Å². The molecule has 3 rings (SSSR count). The first-order chi connectivity index (χ1) is 5.90. The lowest BCUT2D eigenvalue weighted by Crippen LogP contribution is -2.37. The van der Waals surface area contributed by atoms with Crippen LogP contribution >= 0.6 is 0 Å². The van der Waals surface area contributed by atoms with Crippen molar-refractivity contribution in [2.24, 2.45) is 0 Å². The Morgan fingerprint density at radius 1 is 1.27 bits per heavy atom. The number of likely N-dealkylation sites (N-methyl/N-ethyl adjacent to an activating group) is 1. The van der Waals surface area contributed by atoms with Gasteiger partial charge < -0.3 is 4.90 Å². The Labute approximate surface area is 70.6 Å². The minimum Gasteiger partial charge on any atom is -0.302 e. The second-order valence-electron chi connectivity index (χ2n) is 3.61. The van der Waals surface area contributed by atoms with Gasteiger partial charge in [-0.15, -0.1) is 0 Å². The number of hydrogen-bond acceptors (Lipinski definition) is 2. The van der Waals surface area contributed by atoms with Crippen LogP contribution in [0.15, 0.2) is 0 Å². The molecule has 0 amide bonds. The molecule has 3 heterocycles. The topological polar surface area (TPSA) is 6.48 Å². The second kappa shape index (κ2) is 3.11. The van der Waals surface area contributed by atoms with Crippen molar-refractivity contribution < 1.29 is 1.37 Å². The fraction of sp³-hybridized carbons (Fsp3) is 1.00. The maximum Gasteiger partial charge on any atom is 0.0243 e. The van der Waals surface area contributed by atoms with E-state index in [1.165, 1.54) is 39.0 Å². The molecule has 0 aliphatic carbocycles. The Balaban J connectivity index is 1.96. The highest BCUT2D eigenvalue weighted by molar-refractivity contribution is 4.83. The van der Waals surface area contributed by atoms with Crippen molar-refractivity contribution >= 4 is 0 Å². The zero-order valence-corrected chi connectivity index (χ0v) is 7.13. The lowest BCUT2D eigenvalue weighted by Gasteiger charge is -2.30. The Bertz CT molecular complexity index is 143. The van der Waals surface area contributed by atoms with Crippen LogP contribution in [0.4, 0.5) is 0 Å². The van der Waals surface area contributed by atoms with Crippen molar-refractivity contribution in [2.45, 2.75) is 25.8 Å². The van der Waals surface area contributed by atoms with Gasteiger partial charge in [-0.05, 0) is 32.5 Å². The molecule has 0 unspecified atom stereocenters. The molecule has 0 radical (unpaired) electrons. The van der Waals surface area contributed by atoms with E-state index >= 15 is 0 Å². The first-order valence-electron chi connectivity index (χ1n) is 5.36. The Morgan fingerprint density at radius 2 is 2.09 bits per heavy atom. The molecule has 2 bridgehead atoms. The van der Waals surface area contributed by atoms with Gasteiger partial charge in [0.25, 0.3) is 0 Å². The quantitative estimate of drug-likeness (QED) is 0.552. The van der Waals surface area contributed by atoms with Gasteiger partial charge in [0, 0.05) is 20.5 Å². The van der Waals surface area contributed by atoms with Gasteiger partial charge in [0.1, 0.15) is 0 Å². The van der Waals surface area contributed by atoms with Crippen molar-refractivity contribution in [3.8, 4) is 0 Å². The van der Waals surface area contributed by atoms with Crippen LogP contribution in [-0.2, 0) is 0 Å². The van der Waals surface area contributed by atoms with Crippen LogP contribution in [0.2, 0.25) is 0 Å². The largest absolute Gasteiger partial charge is 0.302 e. The van der Waals surface area contributed by atoms with E-state index in [0.29, 0.717) is 6.90 Å². The summed E-state index contributed by atoms with van der Waals surface area (Å²) in [5, 5.41) is 0. The fourth-order valence-corrected chi connectivity index (χ4v) is 2.25. The van der Waals surface area contributed by atoms with Crippen LogP contribution in [0.5, 0.6) is 0 Å². The van der Waals surface area contributed by atoms with E-state index in [1.54, 1.807) is 0 Å². The van der Waals surface area contributed by atoms with Gasteiger partial charge in [-0.2, -0.15) is 0 Å². The van der Waals surface area contributed by atoms with Crippen molar-refractivity contribution in [3.63, 3.8) is 0 Å². The second-order valence-corrected chi connectivity index (χ2v) is 3.61. The fourth-order valence-electron chi connectivity index (χ4n) is 2.25. The highest BCUT2D eigenvalue weighted by Gasteiger charge is 2.27. The molecule has 0 N–H and O–H groups in total. The number of nitrogens with zero attached hydrogens (tertiary/aromatic N) is 2. The SMILES string of the molecule is [2H]CCN1CCN2CCC1CC2. The maximum absolute atomic E-state index is 7.23. The van der Waals surface area contributed by atoms with Gasteiger partial charge in [0.05, 0.1) is 0 Å². The molecule has 0 aromatic heterocycles. The summed E-state index contributed by atoms with van der Waals surface area (Å²) in [4.78, 5) is 5.07. The monoisotopic (exact) mass is 155 g/mol. The Morgan fingerprint density at radius 3 is 2.82 bits per heavy atom. The summed E-state index contributed by atoms with van der Waals surface area (Å²) in [7, 11) is 0. The van der Waals surface area contributed by atoms with Gasteiger partial charge in [0.2, 0.25) is 0 Å². The van der Waals surface area contributed by atoms with Crippen LogP contribution in [0.3, 0.4) is 0 Å². The highest BCUT2D eigenvalue weighted by atomic mass is 15.3. The third-order valence-corrected chi connectivity index (χ3v) is 3.06. The average Bonchev–Trinajstić information content (AvgIpc) is 2.40. The highest BCUT2D eigenvalue weighted by Crippen LogP contribution is 2.19. The molecule has 3 aliphatic rings. The number of hydrogen-bond donors (Lipinski definition) is 0. The Kier molecular flexibility index (Phi) is 1.82. The number of fused-ring (bicyclic) bond motifs is 4. The summed E-state index contributed by atoms with van der Waals surface area (Å²) < 4.78 is 7.23. The molecule has 0 aromatic rings. The normalized spacial score (nSPS) is 40.2. The number of rotatable bonds is 1. The van der Waals surface area contributed by atoms with Crippen LogP contribution in [0.1, 0.15) is 21.1 Å². The van der Waals surface area contributed by atoms with E-state index in [1.807, 2.05) is 0 Å². The van der Waals surface area contributed by atoms with E-state index in [0.717, 1.165) is 12.6 Å². The third kappa shape index (κ3) is 1.42. The molecule has 0 atom stereocenters. The molecule has 64 valence electrons. The third-order valence-electron chi connectivity index (χ3n) is 3.06. The molecule has 0 spiro atoms. The lowest BCUT2D eigenvalue weighted by molar-refractivity contribution is 0.190. The molecule has 2 nitrogen and oxygen atoms in total. The first-order valence-corrected chi connectivity index (χ1v) is 4.66. The van der Waals surface area contributed by atoms with E-state index in [4.69, 9.17) is 1.37 Å². The maximum atomic E-state index is 7.23. The van der Waals surface area contributed by atoms with Gasteiger partial charge >= 0.3 is 0 Å². The summed E-state index contributed by atoms with van der Waals surface area (Å²) >= 11 is 0. The summed E-state index contributed by atoms with van der Waals surface area (Å²) in [6.45, 7) is 6.56. The van der Waals surface area contributed by atoms with Crippen molar-refractivity contribution in [1.82, 2.24) is 9.80 Å². The van der Waals surface area contributed by atoms with Crippen molar-refractivity contribution in [3.05, 3.63) is 0 Å². The summed E-state index contributed by atoms with van der Waals surface area (Å²) in [6.07, 6.45) is 2.67. The Hall–Kier alpha value is -0.0800. The summed E-state index contributed by atoms with van der Waals surface area (Å²) in [6, 6.07) is 0.800. The van der Waals surface area contributed by atoms with E-state index in [9.17, 15) is 0 Å². The minimum absolute atomic E-state index is 0.566. The van der Waals surface area contributed by atoms with Gasteiger partial charge in [-0.1, -0.05) is 6.90 Å². The van der Waals surface area contributed by atoms with Crippen LogP contribution < -0.4 is 0 Å². The molecule has 3 fully saturated rings. The molecule has 0 saturated carbocycles. The number of piperidine rings is 1. The molecular weight excluding hydrogens is 136 g/mol. The van der Waals surface area contributed by atoms with Gasteiger partial charge in [-0.25, -0.2) is 0 Å². The molecule has 0 aromatic carbocycles. The molecule has 3 saturated heterocycles. The van der Waals surface area contributed by atoms with E-state index in [-0.39, 0.29) is 0 Å². The molecular formula is C9H18N2. The lowest BCUT2D eigenvalue weighted by atomic mass is 10.1. The first kappa shape index (κ1) is 6.44. The molecule has 2 heteroatoms. The van der Waals surface area contributed by atoms with Gasteiger partial charge in [-0.3, -0.25) is 4.90 Å². The molecule has 11 heavy (non-hydrogen) atoms. The summed E-state index contributed by atoms with van der Waals surface area (Å²) in [5.74, 6) is 0.